The Balaban J connectivity index is 1.96. The van der Waals surface area contributed by atoms with E-state index in [1.54, 1.807) is 6.20 Å². The predicted molar refractivity (Wildman–Crippen MR) is 72.9 cm³/mol. The van der Waals surface area contributed by atoms with Crippen LogP contribution in [0, 0.1) is 0 Å². The van der Waals surface area contributed by atoms with Gasteiger partial charge in [0.1, 0.15) is 0 Å². The Kier molecular flexibility index (Phi) is 3.15. The second-order valence-corrected chi connectivity index (χ2v) is 4.55. The Morgan fingerprint density at radius 3 is 3.16 bits per heavy atom. The molecule has 2 aromatic rings. The fourth-order valence-corrected chi connectivity index (χ4v) is 2.37. The monoisotopic (exact) mass is 257 g/mol. The maximum absolute atomic E-state index is 11.1. The number of nitrogens with zero attached hydrogens (tertiary/aromatic N) is 2. The number of hydrogen-bond donors (Lipinski definition) is 1. The lowest BCUT2D eigenvalue weighted by atomic mass is 10.2. The molecular formula is C14H15N3O2. The average molecular weight is 257 g/mol. The number of rotatable bonds is 3. The van der Waals surface area contributed by atoms with Crippen LogP contribution in [-0.4, -0.2) is 36.7 Å². The third kappa shape index (κ3) is 2.18. The molecule has 2 heterocycles. The lowest BCUT2D eigenvalue weighted by Gasteiger charge is -2.21. The van der Waals surface area contributed by atoms with Crippen molar-refractivity contribution in [3.63, 3.8) is 0 Å². The van der Waals surface area contributed by atoms with Crippen molar-refractivity contribution >= 4 is 22.9 Å². The van der Waals surface area contributed by atoms with Gasteiger partial charge in [-0.15, -0.1) is 0 Å². The molecule has 5 heteroatoms. The van der Waals surface area contributed by atoms with E-state index < -0.39 is 6.23 Å². The summed E-state index contributed by atoms with van der Waals surface area (Å²) < 4.78 is 5.56. The molecule has 2 atom stereocenters. The van der Waals surface area contributed by atoms with Crippen molar-refractivity contribution in [3.05, 3.63) is 36.5 Å². The van der Waals surface area contributed by atoms with E-state index in [4.69, 9.17) is 10.5 Å². The van der Waals surface area contributed by atoms with Gasteiger partial charge in [-0.3, -0.25) is 9.78 Å². The van der Waals surface area contributed by atoms with Crippen LogP contribution >= 0.6 is 0 Å². The van der Waals surface area contributed by atoms with Crippen molar-refractivity contribution in [1.29, 1.82) is 0 Å². The van der Waals surface area contributed by atoms with Gasteiger partial charge < -0.3 is 15.4 Å². The van der Waals surface area contributed by atoms with Gasteiger partial charge in [0.15, 0.2) is 12.5 Å². The van der Waals surface area contributed by atoms with Gasteiger partial charge in [0.05, 0.1) is 11.6 Å². The van der Waals surface area contributed by atoms with Gasteiger partial charge in [-0.1, -0.05) is 6.07 Å². The van der Waals surface area contributed by atoms with Crippen LogP contribution in [0.4, 0.5) is 5.69 Å². The van der Waals surface area contributed by atoms with Crippen LogP contribution in [-0.2, 0) is 9.53 Å². The fraction of sp³-hybridized carbons (Fsp3) is 0.286. The van der Waals surface area contributed by atoms with Crippen LogP contribution < -0.4 is 10.6 Å². The molecule has 0 saturated carbocycles. The minimum Gasteiger partial charge on any atom is -0.345 e. The molecule has 3 rings (SSSR count). The van der Waals surface area contributed by atoms with Gasteiger partial charge >= 0.3 is 0 Å². The van der Waals surface area contributed by atoms with Crippen molar-refractivity contribution in [2.45, 2.75) is 12.3 Å². The number of hydrogen-bond acceptors (Lipinski definition) is 5. The molecule has 2 N–H and O–H groups in total. The molecule has 0 bridgehead atoms. The molecule has 0 amide bonds. The number of nitrogens with two attached hydrogens (primary N) is 1. The first-order valence-electron chi connectivity index (χ1n) is 6.24. The molecule has 1 aromatic carbocycles. The van der Waals surface area contributed by atoms with Gasteiger partial charge in [-0.2, -0.15) is 0 Å². The number of benzene rings is 1. The quantitative estimate of drug-likeness (QED) is 0.828. The maximum atomic E-state index is 11.1. The summed E-state index contributed by atoms with van der Waals surface area (Å²) in [6.07, 6.45) is 1.92. The smallest absolute Gasteiger partial charge is 0.187 e. The van der Waals surface area contributed by atoms with Gasteiger partial charge in [0.25, 0.3) is 0 Å². The highest BCUT2D eigenvalue weighted by atomic mass is 16.5. The first kappa shape index (κ1) is 12.1. The summed E-state index contributed by atoms with van der Waals surface area (Å²) in [5.74, 6) is 0. The summed E-state index contributed by atoms with van der Waals surface area (Å²) in [6.45, 7) is 1.04. The minimum absolute atomic E-state index is 0.0974. The van der Waals surface area contributed by atoms with E-state index in [9.17, 15) is 4.79 Å². The number of aromatic nitrogens is 1. The molecule has 1 unspecified atom stereocenters. The van der Waals surface area contributed by atoms with Crippen molar-refractivity contribution in [1.82, 2.24) is 4.98 Å². The van der Waals surface area contributed by atoms with E-state index in [0.29, 0.717) is 13.1 Å². The topological polar surface area (TPSA) is 68.5 Å². The van der Waals surface area contributed by atoms with Crippen molar-refractivity contribution < 1.29 is 9.53 Å². The second kappa shape index (κ2) is 4.95. The van der Waals surface area contributed by atoms with Crippen LogP contribution in [0.2, 0.25) is 0 Å². The van der Waals surface area contributed by atoms with E-state index in [0.717, 1.165) is 22.9 Å². The first-order chi connectivity index (χ1) is 9.31. The third-order valence-electron chi connectivity index (χ3n) is 3.34. The molecule has 1 aliphatic heterocycles. The van der Waals surface area contributed by atoms with E-state index >= 15 is 0 Å². The molecule has 5 nitrogen and oxygen atoms in total. The fourth-order valence-electron chi connectivity index (χ4n) is 2.37. The van der Waals surface area contributed by atoms with Gasteiger partial charge in [-0.25, -0.2) is 0 Å². The highest BCUT2D eigenvalue weighted by molar-refractivity contribution is 5.83. The Hall–Kier alpha value is -1.98. The highest BCUT2D eigenvalue weighted by Gasteiger charge is 2.31. The standard InChI is InChI=1S/C14H15N3O2/c15-7-12-8-17(14(9-18)19-12)11-3-4-13-10(6-11)2-1-5-16-13/h1-6,9,12,14H,7-8,15H2/t12-,14?/m0/s1. The summed E-state index contributed by atoms with van der Waals surface area (Å²) in [5.41, 5.74) is 7.49. The van der Waals surface area contributed by atoms with Gasteiger partial charge in [0.2, 0.25) is 0 Å². The van der Waals surface area contributed by atoms with E-state index in [2.05, 4.69) is 4.98 Å². The second-order valence-electron chi connectivity index (χ2n) is 4.55. The number of fused-ring (bicyclic) bond motifs is 1. The van der Waals surface area contributed by atoms with Gasteiger partial charge in [-0.05, 0) is 24.3 Å². The van der Waals surface area contributed by atoms with Crippen LogP contribution in [0.25, 0.3) is 10.9 Å². The van der Waals surface area contributed by atoms with Crippen molar-refractivity contribution in [2.75, 3.05) is 18.0 Å². The Bertz CT molecular complexity index is 602. The lowest BCUT2D eigenvalue weighted by Crippen LogP contribution is -2.31. The molecule has 1 aromatic heterocycles. The summed E-state index contributed by atoms with van der Waals surface area (Å²) in [4.78, 5) is 17.3. The van der Waals surface area contributed by atoms with Crippen LogP contribution in [0.15, 0.2) is 36.5 Å². The molecule has 0 spiro atoms. The zero-order valence-electron chi connectivity index (χ0n) is 10.4. The molecule has 1 saturated heterocycles. The SMILES string of the molecule is NC[C@H]1CN(c2ccc3ncccc3c2)C(C=O)O1. The Labute approximate surface area is 111 Å². The molecule has 19 heavy (non-hydrogen) atoms. The summed E-state index contributed by atoms with van der Waals surface area (Å²) >= 11 is 0. The normalized spacial score (nSPS) is 22.9. The van der Waals surface area contributed by atoms with Crippen molar-refractivity contribution in [2.24, 2.45) is 5.73 Å². The Morgan fingerprint density at radius 2 is 2.37 bits per heavy atom. The maximum Gasteiger partial charge on any atom is 0.187 e. The molecule has 0 aliphatic carbocycles. The molecule has 1 aliphatic rings. The van der Waals surface area contributed by atoms with Gasteiger partial charge in [0, 0.05) is 30.4 Å². The first-order valence-corrected chi connectivity index (χ1v) is 6.24. The summed E-state index contributed by atoms with van der Waals surface area (Å²) in [6, 6.07) is 9.81. The predicted octanol–water partition coefficient (Wildman–Crippen LogP) is 0.924. The van der Waals surface area contributed by atoms with Crippen LogP contribution in [0.1, 0.15) is 0 Å². The molecular weight excluding hydrogens is 242 g/mol. The van der Waals surface area contributed by atoms with Crippen molar-refractivity contribution in [3.8, 4) is 0 Å². The third-order valence-corrected chi connectivity index (χ3v) is 3.34. The zero-order chi connectivity index (χ0) is 13.2. The number of anilines is 1. The minimum atomic E-state index is -0.553. The van der Waals surface area contributed by atoms with Crippen LogP contribution in [0.3, 0.4) is 0 Å². The number of carbonyl (C=O) groups excluding carboxylic acids is 1. The zero-order valence-corrected chi connectivity index (χ0v) is 10.4. The number of pyridine rings is 1. The summed E-state index contributed by atoms with van der Waals surface area (Å²) in [5, 5.41) is 1.04. The highest BCUT2D eigenvalue weighted by Crippen LogP contribution is 2.26. The van der Waals surface area contributed by atoms with E-state index in [1.807, 2.05) is 35.2 Å². The van der Waals surface area contributed by atoms with E-state index in [-0.39, 0.29) is 6.10 Å². The molecule has 98 valence electrons. The number of ether oxygens (including phenoxy) is 1. The summed E-state index contributed by atoms with van der Waals surface area (Å²) in [7, 11) is 0. The largest absolute Gasteiger partial charge is 0.345 e. The lowest BCUT2D eigenvalue weighted by molar-refractivity contribution is -0.117. The average Bonchev–Trinajstić information content (AvgIpc) is 2.90. The van der Waals surface area contributed by atoms with E-state index in [1.165, 1.54) is 0 Å². The molecule has 0 radical (unpaired) electrons. The number of carbonyl (C=O) groups is 1. The van der Waals surface area contributed by atoms with Crippen LogP contribution in [0.5, 0.6) is 0 Å². The molecule has 1 fully saturated rings. The number of aldehydes is 1. The Morgan fingerprint density at radius 1 is 1.47 bits per heavy atom.